The van der Waals surface area contributed by atoms with Gasteiger partial charge in [0.15, 0.2) is 0 Å². The van der Waals surface area contributed by atoms with Gasteiger partial charge in [-0.25, -0.2) is 4.68 Å². The molecule has 0 saturated carbocycles. The number of rotatable bonds is 5. The van der Waals surface area contributed by atoms with Crippen LogP contribution in [0.5, 0.6) is 0 Å². The van der Waals surface area contributed by atoms with Crippen molar-refractivity contribution < 1.29 is 4.79 Å². The molecule has 2 heterocycles. The summed E-state index contributed by atoms with van der Waals surface area (Å²) in [7, 11) is 0. The standard InChI is InChI=1S/C17H19N7O/c1-3-6-16-15(11-19-23(16)9-4-2)17(25)21-13-7-5-8-14(10-13)24-20-12-18-22-24/h3-11,20H,12H2,1-2H3,(H,21,25)/b6-3-,9-4-. The van der Waals surface area contributed by atoms with Gasteiger partial charge >= 0.3 is 0 Å². The fourth-order valence-electron chi connectivity index (χ4n) is 2.41. The van der Waals surface area contributed by atoms with E-state index in [0.717, 1.165) is 11.4 Å². The number of nitrogens with zero attached hydrogens (tertiary/aromatic N) is 5. The molecule has 2 aromatic rings. The summed E-state index contributed by atoms with van der Waals surface area (Å²) < 4.78 is 1.67. The lowest BCUT2D eigenvalue weighted by Gasteiger charge is -2.13. The average molecular weight is 337 g/mol. The van der Waals surface area contributed by atoms with Crippen LogP contribution in [0.25, 0.3) is 12.3 Å². The minimum absolute atomic E-state index is 0.225. The Morgan fingerprint density at radius 1 is 1.32 bits per heavy atom. The van der Waals surface area contributed by atoms with E-state index in [1.807, 2.05) is 56.3 Å². The molecule has 8 nitrogen and oxygen atoms in total. The Morgan fingerprint density at radius 3 is 2.92 bits per heavy atom. The first-order valence-corrected chi connectivity index (χ1v) is 7.88. The van der Waals surface area contributed by atoms with Gasteiger partial charge in [0, 0.05) is 11.9 Å². The number of carbonyl (C=O) groups excluding carboxylic acids is 1. The topological polar surface area (TPSA) is 86.9 Å². The first-order chi connectivity index (χ1) is 12.2. The number of aromatic nitrogens is 2. The number of hydrazine groups is 1. The first-order valence-electron chi connectivity index (χ1n) is 7.88. The molecule has 0 radical (unpaired) electrons. The van der Waals surface area contributed by atoms with E-state index in [-0.39, 0.29) is 5.91 Å². The molecule has 128 valence electrons. The van der Waals surface area contributed by atoms with Gasteiger partial charge in [0.25, 0.3) is 5.91 Å². The molecule has 1 aromatic carbocycles. The van der Waals surface area contributed by atoms with E-state index in [1.165, 1.54) is 0 Å². The Hall–Kier alpha value is -3.26. The number of hydrogen-bond donors (Lipinski definition) is 2. The van der Waals surface area contributed by atoms with E-state index < -0.39 is 0 Å². The van der Waals surface area contributed by atoms with Gasteiger partial charge in [0.2, 0.25) is 0 Å². The molecule has 25 heavy (non-hydrogen) atoms. The Morgan fingerprint density at radius 2 is 2.20 bits per heavy atom. The summed E-state index contributed by atoms with van der Waals surface area (Å²) >= 11 is 0. The van der Waals surface area contributed by atoms with Gasteiger partial charge in [0.05, 0.1) is 23.1 Å². The van der Waals surface area contributed by atoms with Crippen LogP contribution in [0.1, 0.15) is 29.9 Å². The zero-order chi connectivity index (χ0) is 17.6. The smallest absolute Gasteiger partial charge is 0.259 e. The van der Waals surface area contributed by atoms with Crippen molar-refractivity contribution in [3.8, 4) is 0 Å². The summed E-state index contributed by atoms with van der Waals surface area (Å²) in [4.78, 5) is 12.7. The lowest BCUT2D eigenvalue weighted by atomic mass is 10.2. The van der Waals surface area contributed by atoms with Crippen molar-refractivity contribution in [1.82, 2.24) is 15.2 Å². The van der Waals surface area contributed by atoms with Gasteiger partial charge in [-0.05, 0) is 38.1 Å². The lowest BCUT2D eigenvalue weighted by Crippen LogP contribution is -2.28. The molecule has 1 amide bonds. The van der Waals surface area contributed by atoms with E-state index in [4.69, 9.17) is 0 Å². The van der Waals surface area contributed by atoms with Crippen molar-refractivity contribution in [2.75, 3.05) is 17.1 Å². The molecular formula is C17H19N7O. The maximum Gasteiger partial charge on any atom is 0.259 e. The molecule has 0 atom stereocenters. The third-order valence-electron chi connectivity index (χ3n) is 3.49. The zero-order valence-electron chi connectivity index (χ0n) is 14.0. The molecule has 0 bridgehead atoms. The van der Waals surface area contributed by atoms with E-state index in [2.05, 4.69) is 26.2 Å². The predicted molar refractivity (Wildman–Crippen MR) is 97.7 cm³/mol. The number of anilines is 2. The largest absolute Gasteiger partial charge is 0.322 e. The van der Waals surface area contributed by atoms with E-state index in [0.29, 0.717) is 17.9 Å². The summed E-state index contributed by atoms with van der Waals surface area (Å²) in [6.45, 7) is 4.24. The highest BCUT2D eigenvalue weighted by atomic mass is 16.1. The van der Waals surface area contributed by atoms with E-state index >= 15 is 0 Å². The van der Waals surface area contributed by atoms with Gasteiger partial charge < -0.3 is 5.32 Å². The van der Waals surface area contributed by atoms with Crippen molar-refractivity contribution in [2.24, 2.45) is 10.3 Å². The molecule has 0 fully saturated rings. The second-order valence-electron chi connectivity index (χ2n) is 5.23. The highest BCUT2D eigenvalue weighted by Gasteiger charge is 2.16. The molecule has 1 aliphatic rings. The minimum atomic E-state index is -0.225. The van der Waals surface area contributed by atoms with E-state index in [1.54, 1.807) is 22.2 Å². The maximum absolute atomic E-state index is 12.7. The van der Waals surface area contributed by atoms with Crippen molar-refractivity contribution in [2.45, 2.75) is 13.8 Å². The fourth-order valence-corrected chi connectivity index (χ4v) is 2.41. The number of carbonyl (C=O) groups is 1. The van der Waals surface area contributed by atoms with Gasteiger partial charge in [-0.2, -0.15) is 20.8 Å². The van der Waals surface area contributed by atoms with Crippen LogP contribution in [0.3, 0.4) is 0 Å². The Labute approximate surface area is 145 Å². The van der Waals surface area contributed by atoms with Crippen LogP contribution >= 0.6 is 0 Å². The second-order valence-corrected chi connectivity index (χ2v) is 5.23. The minimum Gasteiger partial charge on any atom is -0.322 e. The molecule has 3 rings (SSSR count). The Balaban J connectivity index is 1.83. The molecule has 0 unspecified atom stereocenters. The van der Waals surface area contributed by atoms with Crippen LogP contribution in [0.4, 0.5) is 11.4 Å². The Kier molecular flexibility index (Phi) is 5.00. The lowest BCUT2D eigenvalue weighted by molar-refractivity contribution is 0.102. The van der Waals surface area contributed by atoms with E-state index in [9.17, 15) is 4.79 Å². The molecular weight excluding hydrogens is 318 g/mol. The number of hydrogen-bond acceptors (Lipinski definition) is 6. The number of amides is 1. The molecule has 2 N–H and O–H groups in total. The summed E-state index contributed by atoms with van der Waals surface area (Å²) in [5.41, 5.74) is 5.66. The number of nitrogens with one attached hydrogen (secondary N) is 2. The normalized spacial score (nSPS) is 14.1. The monoisotopic (exact) mass is 337 g/mol. The zero-order valence-corrected chi connectivity index (χ0v) is 14.0. The van der Waals surface area contributed by atoms with Crippen LogP contribution < -0.4 is 15.9 Å². The summed E-state index contributed by atoms with van der Waals surface area (Å²) in [5.74, 6) is -0.225. The Bertz CT molecular complexity index is 850. The quantitative estimate of drug-likeness (QED) is 0.876. The molecule has 0 saturated heterocycles. The maximum atomic E-state index is 12.7. The summed E-state index contributed by atoms with van der Waals surface area (Å²) in [6, 6.07) is 7.36. The van der Waals surface area contributed by atoms with Gasteiger partial charge in [-0.3, -0.25) is 4.79 Å². The number of benzene rings is 1. The first kappa shape index (κ1) is 16.6. The van der Waals surface area contributed by atoms with Crippen molar-refractivity contribution >= 4 is 29.6 Å². The SMILES string of the molecule is C/C=C\c1c(C(=O)Nc2cccc(N3N=NCN3)c2)cnn1/C=C\C. The summed E-state index contributed by atoms with van der Waals surface area (Å²) in [6.07, 6.45) is 8.95. The van der Waals surface area contributed by atoms with Gasteiger partial charge in [-0.1, -0.05) is 23.4 Å². The molecule has 1 aliphatic heterocycles. The highest BCUT2D eigenvalue weighted by Crippen LogP contribution is 2.21. The molecule has 0 aliphatic carbocycles. The van der Waals surface area contributed by atoms with Crippen LogP contribution in [-0.4, -0.2) is 22.4 Å². The average Bonchev–Trinajstić information content (AvgIpc) is 3.27. The van der Waals surface area contributed by atoms with Crippen molar-refractivity contribution in [3.63, 3.8) is 0 Å². The van der Waals surface area contributed by atoms with Gasteiger partial charge in [-0.15, -0.1) is 0 Å². The van der Waals surface area contributed by atoms with Crippen LogP contribution in [0, 0.1) is 0 Å². The molecule has 0 spiro atoms. The highest BCUT2D eigenvalue weighted by molar-refractivity contribution is 6.06. The second kappa shape index (κ2) is 7.54. The van der Waals surface area contributed by atoms with Crippen LogP contribution in [-0.2, 0) is 0 Å². The van der Waals surface area contributed by atoms with Crippen LogP contribution in [0.2, 0.25) is 0 Å². The number of allylic oxidation sites excluding steroid dienone is 2. The summed E-state index contributed by atoms with van der Waals surface area (Å²) in [5, 5.41) is 16.5. The third-order valence-corrected chi connectivity index (χ3v) is 3.49. The van der Waals surface area contributed by atoms with Gasteiger partial charge in [0.1, 0.15) is 6.67 Å². The molecule has 1 aromatic heterocycles. The van der Waals surface area contributed by atoms with Crippen LogP contribution in [0.15, 0.2) is 53.0 Å². The molecule has 8 heteroatoms. The third kappa shape index (κ3) is 3.64. The fraction of sp³-hybridized carbons (Fsp3) is 0.176. The van der Waals surface area contributed by atoms with Crippen molar-refractivity contribution in [1.29, 1.82) is 0 Å². The van der Waals surface area contributed by atoms with Crippen molar-refractivity contribution in [3.05, 3.63) is 53.9 Å². The predicted octanol–water partition coefficient (Wildman–Crippen LogP) is 3.31.